The highest BCUT2D eigenvalue weighted by Crippen LogP contribution is 2.28. The molecule has 22 heavy (non-hydrogen) atoms. The van der Waals surface area contributed by atoms with E-state index in [9.17, 15) is 9.59 Å². The number of ketones is 2. The van der Waals surface area contributed by atoms with E-state index in [2.05, 4.69) is 9.97 Å². The lowest BCUT2D eigenvalue weighted by molar-refractivity contribution is 0.0973. The molecule has 1 heterocycles. The van der Waals surface area contributed by atoms with E-state index in [0.29, 0.717) is 28.7 Å². The Morgan fingerprint density at radius 2 is 1.59 bits per heavy atom. The van der Waals surface area contributed by atoms with Gasteiger partial charge in [0.15, 0.2) is 11.6 Å². The van der Waals surface area contributed by atoms with Gasteiger partial charge in [-0.05, 0) is 12.5 Å². The molecule has 1 aromatic carbocycles. The molecule has 1 aromatic heterocycles. The minimum Gasteiger partial charge on any atom is -0.467 e. The molecule has 0 bridgehead atoms. The van der Waals surface area contributed by atoms with Crippen molar-refractivity contribution < 1.29 is 14.3 Å². The van der Waals surface area contributed by atoms with Gasteiger partial charge in [0.05, 0.1) is 7.11 Å². The quantitative estimate of drug-likeness (QED) is 0.869. The maximum absolute atomic E-state index is 12.6. The predicted molar refractivity (Wildman–Crippen MR) is 80.1 cm³/mol. The van der Waals surface area contributed by atoms with Crippen LogP contribution in [0, 0.1) is 0 Å². The molecular weight excluding hydrogens is 280 g/mol. The lowest BCUT2D eigenvalue weighted by Gasteiger charge is -2.18. The van der Waals surface area contributed by atoms with E-state index >= 15 is 0 Å². The van der Waals surface area contributed by atoms with Gasteiger partial charge in [0.2, 0.25) is 0 Å². The number of ether oxygens (including phenoxy) is 1. The van der Waals surface area contributed by atoms with Crippen LogP contribution in [0.2, 0.25) is 0 Å². The number of rotatable bonds is 3. The topological polar surface area (TPSA) is 69.2 Å². The Balaban J connectivity index is 1.97. The summed E-state index contributed by atoms with van der Waals surface area (Å²) in [6, 6.07) is 7.17. The normalized spacial score (nSPS) is 14.1. The number of hydrogen-bond acceptors (Lipinski definition) is 5. The number of carbonyl (C=O) groups is 2. The summed E-state index contributed by atoms with van der Waals surface area (Å²) in [7, 11) is 1.49. The molecule has 5 heteroatoms. The van der Waals surface area contributed by atoms with Gasteiger partial charge in [-0.1, -0.05) is 24.3 Å². The van der Waals surface area contributed by atoms with E-state index in [1.807, 2.05) is 0 Å². The Labute approximate surface area is 127 Å². The number of Topliss-reactive ketones (excluding diaryl/α,β-unsaturated/α-hetero) is 2. The van der Waals surface area contributed by atoms with Gasteiger partial charge in [0.1, 0.15) is 0 Å². The zero-order valence-corrected chi connectivity index (χ0v) is 12.3. The van der Waals surface area contributed by atoms with E-state index in [0.717, 1.165) is 5.56 Å². The van der Waals surface area contributed by atoms with Gasteiger partial charge in [-0.2, -0.15) is 0 Å². The van der Waals surface area contributed by atoms with Crippen LogP contribution in [0.15, 0.2) is 47.8 Å². The maximum Gasteiger partial charge on any atom is 0.316 e. The SMILES string of the molecule is COc1ncc(CC2=C(C)C(=O)c3ccccc3C2=O)cn1. The van der Waals surface area contributed by atoms with Crippen molar-refractivity contribution in [1.82, 2.24) is 9.97 Å². The smallest absolute Gasteiger partial charge is 0.316 e. The van der Waals surface area contributed by atoms with Crippen LogP contribution in [0.1, 0.15) is 33.2 Å². The summed E-state index contributed by atoms with van der Waals surface area (Å²) in [5.74, 6) is -0.205. The molecule has 3 rings (SSSR count). The van der Waals surface area contributed by atoms with Crippen LogP contribution in [0.5, 0.6) is 6.01 Å². The Bertz CT molecular complexity index is 792. The minimum absolute atomic E-state index is 0.0976. The van der Waals surface area contributed by atoms with Gasteiger partial charge < -0.3 is 4.74 Å². The standard InChI is InChI=1S/C17H14N2O3/c1-10-14(7-11-8-18-17(22-2)19-9-11)16(21)13-6-4-3-5-12(13)15(10)20/h3-6,8-9H,7H2,1-2H3. The van der Waals surface area contributed by atoms with Crippen LogP contribution in [0.3, 0.4) is 0 Å². The first-order valence-electron chi connectivity index (χ1n) is 6.85. The number of benzene rings is 1. The Morgan fingerprint density at radius 1 is 1.00 bits per heavy atom. The van der Waals surface area contributed by atoms with Crippen molar-refractivity contribution in [2.24, 2.45) is 0 Å². The molecule has 0 amide bonds. The molecule has 1 aliphatic carbocycles. The Hall–Kier alpha value is -2.82. The van der Waals surface area contributed by atoms with Gasteiger partial charge in [0, 0.05) is 41.1 Å². The summed E-state index contributed by atoms with van der Waals surface area (Å²) in [5, 5.41) is 0. The highest BCUT2D eigenvalue weighted by molar-refractivity contribution is 6.26. The van der Waals surface area contributed by atoms with E-state index in [1.54, 1.807) is 43.6 Å². The van der Waals surface area contributed by atoms with Gasteiger partial charge in [-0.3, -0.25) is 9.59 Å². The third-order valence-corrected chi connectivity index (χ3v) is 3.73. The van der Waals surface area contributed by atoms with Crippen LogP contribution < -0.4 is 4.74 Å². The average molecular weight is 294 g/mol. The van der Waals surface area contributed by atoms with E-state index in [1.165, 1.54) is 7.11 Å². The Morgan fingerprint density at radius 3 is 2.18 bits per heavy atom. The summed E-state index contributed by atoms with van der Waals surface area (Å²) in [5.41, 5.74) is 2.68. The van der Waals surface area contributed by atoms with Crippen LogP contribution in [0.4, 0.5) is 0 Å². The largest absolute Gasteiger partial charge is 0.467 e. The summed E-state index contributed by atoms with van der Waals surface area (Å²) >= 11 is 0. The first-order chi connectivity index (χ1) is 10.6. The second kappa shape index (κ2) is 5.52. The first kappa shape index (κ1) is 14.1. The van der Waals surface area contributed by atoms with Gasteiger partial charge >= 0.3 is 6.01 Å². The van der Waals surface area contributed by atoms with Gasteiger partial charge in [0.25, 0.3) is 0 Å². The highest BCUT2D eigenvalue weighted by Gasteiger charge is 2.29. The summed E-state index contributed by atoms with van der Waals surface area (Å²) in [6.07, 6.45) is 3.53. The van der Waals surface area contributed by atoms with Crippen molar-refractivity contribution in [2.75, 3.05) is 7.11 Å². The molecule has 5 nitrogen and oxygen atoms in total. The van der Waals surface area contributed by atoms with Crippen molar-refractivity contribution in [1.29, 1.82) is 0 Å². The molecule has 0 radical (unpaired) electrons. The van der Waals surface area contributed by atoms with Crippen molar-refractivity contribution in [3.05, 3.63) is 64.5 Å². The minimum atomic E-state index is -0.108. The molecule has 0 aliphatic heterocycles. The highest BCUT2D eigenvalue weighted by atomic mass is 16.5. The van der Waals surface area contributed by atoms with Crippen LogP contribution in [0.25, 0.3) is 0 Å². The van der Waals surface area contributed by atoms with Crippen molar-refractivity contribution >= 4 is 11.6 Å². The Kier molecular flexibility index (Phi) is 3.55. The molecule has 0 unspecified atom stereocenters. The number of aromatic nitrogens is 2. The van der Waals surface area contributed by atoms with E-state index < -0.39 is 0 Å². The first-order valence-corrected chi connectivity index (χ1v) is 6.85. The summed E-state index contributed by atoms with van der Waals surface area (Å²) in [6.45, 7) is 1.69. The van der Waals surface area contributed by atoms with Gasteiger partial charge in [-0.15, -0.1) is 0 Å². The summed E-state index contributed by atoms with van der Waals surface area (Å²) < 4.78 is 4.91. The fourth-order valence-electron chi connectivity index (χ4n) is 2.51. The number of hydrogen-bond donors (Lipinski definition) is 0. The molecule has 0 saturated carbocycles. The third-order valence-electron chi connectivity index (χ3n) is 3.73. The van der Waals surface area contributed by atoms with Crippen LogP contribution in [-0.4, -0.2) is 28.6 Å². The second-order valence-electron chi connectivity index (χ2n) is 5.06. The molecular formula is C17H14N2O3. The number of carbonyl (C=O) groups excluding carboxylic acids is 2. The van der Waals surface area contributed by atoms with Crippen LogP contribution in [-0.2, 0) is 6.42 Å². The number of nitrogens with zero attached hydrogens (tertiary/aromatic N) is 2. The fourth-order valence-corrected chi connectivity index (χ4v) is 2.51. The lowest BCUT2D eigenvalue weighted by atomic mass is 9.82. The molecule has 1 aliphatic rings. The van der Waals surface area contributed by atoms with Crippen LogP contribution >= 0.6 is 0 Å². The molecule has 110 valence electrons. The average Bonchev–Trinajstić information content (AvgIpc) is 2.57. The number of methoxy groups -OCH3 is 1. The van der Waals surface area contributed by atoms with Crippen molar-refractivity contribution in [3.63, 3.8) is 0 Å². The van der Waals surface area contributed by atoms with E-state index in [-0.39, 0.29) is 17.6 Å². The van der Waals surface area contributed by atoms with Gasteiger partial charge in [-0.25, -0.2) is 9.97 Å². The van der Waals surface area contributed by atoms with Crippen molar-refractivity contribution in [2.45, 2.75) is 13.3 Å². The third kappa shape index (κ3) is 2.30. The monoisotopic (exact) mass is 294 g/mol. The second-order valence-corrected chi connectivity index (χ2v) is 5.06. The predicted octanol–water partition coefficient (Wildman–Crippen LogP) is 2.42. The number of fused-ring (bicyclic) bond motifs is 1. The number of allylic oxidation sites excluding steroid dienone is 2. The molecule has 0 spiro atoms. The fraction of sp³-hybridized carbons (Fsp3) is 0.176. The lowest BCUT2D eigenvalue weighted by Crippen LogP contribution is -2.22. The molecule has 0 saturated heterocycles. The van der Waals surface area contributed by atoms with Crippen molar-refractivity contribution in [3.8, 4) is 6.01 Å². The molecule has 0 fully saturated rings. The molecule has 0 N–H and O–H groups in total. The molecule has 0 atom stereocenters. The zero-order valence-electron chi connectivity index (χ0n) is 12.3. The zero-order chi connectivity index (χ0) is 15.7. The van der Waals surface area contributed by atoms with E-state index in [4.69, 9.17) is 4.74 Å². The summed E-state index contributed by atoms with van der Waals surface area (Å²) in [4.78, 5) is 33.1. The molecule has 2 aromatic rings. The maximum atomic E-state index is 12.6.